The van der Waals surface area contributed by atoms with Crippen LogP contribution in [0.1, 0.15) is 15.9 Å². The summed E-state index contributed by atoms with van der Waals surface area (Å²) in [6.07, 6.45) is 0. The third-order valence-corrected chi connectivity index (χ3v) is 4.31. The average Bonchev–Trinajstić information content (AvgIpc) is 2.43. The molecule has 1 aromatic carbocycles. The number of benzene rings is 1. The molecule has 6 heteroatoms. The zero-order valence-electron chi connectivity index (χ0n) is 11.3. The van der Waals surface area contributed by atoms with E-state index < -0.39 is 5.97 Å². The van der Waals surface area contributed by atoms with Crippen LogP contribution in [-0.2, 0) is 6.54 Å². The molecular formula is C14H19BrN2O3. The van der Waals surface area contributed by atoms with Gasteiger partial charge in [-0.15, -0.1) is 0 Å². The highest BCUT2D eigenvalue weighted by atomic mass is 79.9. The summed E-state index contributed by atoms with van der Waals surface area (Å²) in [5.41, 5.74) is 1.40. The monoisotopic (exact) mass is 342 g/mol. The van der Waals surface area contributed by atoms with Gasteiger partial charge in [-0.05, 0) is 17.7 Å². The molecule has 20 heavy (non-hydrogen) atoms. The van der Waals surface area contributed by atoms with Gasteiger partial charge in [-0.3, -0.25) is 9.80 Å². The van der Waals surface area contributed by atoms with Crippen LogP contribution >= 0.6 is 15.9 Å². The number of hydrogen-bond donors (Lipinski definition) is 2. The van der Waals surface area contributed by atoms with E-state index >= 15 is 0 Å². The first-order valence-electron chi connectivity index (χ1n) is 6.67. The van der Waals surface area contributed by atoms with Crippen molar-refractivity contribution in [1.82, 2.24) is 9.80 Å². The van der Waals surface area contributed by atoms with Gasteiger partial charge in [0.1, 0.15) is 0 Å². The van der Waals surface area contributed by atoms with Crippen LogP contribution in [-0.4, -0.2) is 65.3 Å². The summed E-state index contributed by atoms with van der Waals surface area (Å²) in [5, 5.41) is 17.9. The van der Waals surface area contributed by atoms with Crippen molar-refractivity contribution >= 4 is 21.9 Å². The largest absolute Gasteiger partial charge is 0.478 e. The maximum absolute atomic E-state index is 10.9. The van der Waals surface area contributed by atoms with Gasteiger partial charge in [0.05, 0.1) is 12.2 Å². The Bertz CT molecular complexity index is 473. The summed E-state index contributed by atoms with van der Waals surface area (Å²) in [4.78, 5) is 15.5. The van der Waals surface area contributed by atoms with E-state index in [4.69, 9.17) is 10.2 Å². The molecule has 1 aliphatic heterocycles. The lowest BCUT2D eigenvalue weighted by Gasteiger charge is -2.34. The van der Waals surface area contributed by atoms with E-state index in [2.05, 4.69) is 25.7 Å². The maximum Gasteiger partial charge on any atom is 0.335 e. The fourth-order valence-electron chi connectivity index (χ4n) is 2.36. The normalized spacial score (nSPS) is 17.3. The number of aliphatic hydroxyl groups is 1. The first-order valence-corrected chi connectivity index (χ1v) is 7.46. The molecule has 0 aromatic heterocycles. The molecule has 0 amide bonds. The number of carboxylic acids is 1. The molecular weight excluding hydrogens is 324 g/mol. The number of halogens is 1. The zero-order valence-corrected chi connectivity index (χ0v) is 12.8. The van der Waals surface area contributed by atoms with Gasteiger partial charge in [0.15, 0.2) is 0 Å². The van der Waals surface area contributed by atoms with Crippen LogP contribution in [0.25, 0.3) is 0 Å². The predicted molar refractivity (Wildman–Crippen MR) is 79.9 cm³/mol. The minimum Gasteiger partial charge on any atom is -0.478 e. The summed E-state index contributed by atoms with van der Waals surface area (Å²) in [6.45, 7) is 5.62. The zero-order chi connectivity index (χ0) is 14.5. The van der Waals surface area contributed by atoms with E-state index in [1.54, 1.807) is 12.1 Å². The number of β-amino-alcohol motifs (C(OH)–C–C–N with tert-alkyl or cyclic N) is 1. The lowest BCUT2D eigenvalue weighted by atomic mass is 10.1. The minimum atomic E-state index is -0.908. The molecule has 1 aromatic rings. The highest BCUT2D eigenvalue weighted by molar-refractivity contribution is 9.10. The number of hydrogen-bond acceptors (Lipinski definition) is 4. The minimum absolute atomic E-state index is 0.211. The Morgan fingerprint density at radius 1 is 1.20 bits per heavy atom. The second-order valence-electron chi connectivity index (χ2n) is 4.95. The molecule has 0 spiro atoms. The number of rotatable bonds is 5. The number of piperazine rings is 1. The fourth-order valence-corrected chi connectivity index (χ4v) is 2.87. The Balaban J connectivity index is 1.93. The number of aliphatic hydroxyl groups excluding tert-OH is 1. The third kappa shape index (κ3) is 4.02. The van der Waals surface area contributed by atoms with E-state index in [-0.39, 0.29) is 6.61 Å². The van der Waals surface area contributed by atoms with Crippen LogP contribution in [0.2, 0.25) is 0 Å². The van der Waals surface area contributed by atoms with Crippen molar-refractivity contribution in [2.75, 3.05) is 39.3 Å². The van der Waals surface area contributed by atoms with Crippen LogP contribution in [0.3, 0.4) is 0 Å². The van der Waals surface area contributed by atoms with Crippen molar-refractivity contribution in [3.8, 4) is 0 Å². The highest BCUT2D eigenvalue weighted by Gasteiger charge is 2.17. The van der Waals surface area contributed by atoms with E-state index in [1.807, 2.05) is 6.07 Å². The quantitative estimate of drug-likeness (QED) is 0.843. The number of aromatic carboxylic acids is 1. The van der Waals surface area contributed by atoms with Gasteiger partial charge >= 0.3 is 5.97 Å². The molecule has 0 atom stereocenters. The summed E-state index contributed by atoms with van der Waals surface area (Å²) in [5.74, 6) is -0.908. The van der Waals surface area contributed by atoms with Gasteiger partial charge in [-0.1, -0.05) is 22.0 Å². The SMILES string of the molecule is O=C(O)c1ccc(CN2CCN(CCO)CC2)c(Br)c1. The van der Waals surface area contributed by atoms with E-state index in [1.165, 1.54) is 0 Å². The van der Waals surface area contributed by atoms with Crippen molar-refractivity contribution < 1.29 is 15.0 Å². The second kappa shape index (κ2) is 7.17. The highest BCUT2D eigenvalue weighted by Crippen LogP contribution is 2.21. The number of carboxylic acid groups (broad SMARTS) is 1. The Morgan fingerprint density at radius 3 is 2.40 bits per heavy atom. The molecule has 110 valence electrons. The summed E-state index contributed by atoms with van der Waals surface area (Å²) < 4.78 is 0.843. The van der Waals surface area contributed by atoms with Crippen LogP contribution in [0.5, 0.6) is 0 Å². The van der Waals surface area contributed by atoms with Gasteiger partial charge in [-0.25, -0.2) is 4.79 Å². The summed E-state index contributed by atoms with van der Waals surface area (Å²) >= 11 is 3.45. The molecule has 1 saturated heterocycles. The topological polar surface area (TPSA) is 64.0 Å². The van der Waals surface area contributed by atoms with Crippen LogP contribution in [0, 0.1) is 0 Å². The standard InChI is InChI=1S/C14H19BrN2O3/c15-13-9-11(14(19)20)1-2-12(13)10-17-5-3-16(4-6-17)7-8-18/h1-2,9,18H,3-8,10H2,(H,19,20). The predicted octanol–water partition coefficient (Wildman–Crippen LogP) is 1.26. The molecule has 1 fully saturated rings. The van der Waals surface area contributed by atoms with Gasteiger partial charge in [0, 0.05) is 43.7 Å². The Labute approximate surface area is 126 Å². The first-order chi connectivity index (χ1) is 9.60. The van der Waals surface area contributed by atoms with Gasteiger partial charge < -0.3 is 10.2 Å². The van der Waals surface area contributed by atoms with Crippen molar-refractivity contribution in [3.63, 3.8) is 0 Å². The maximum atomic E-state index is 10.9. The van der Waals surface area contributed by atoms with Crippen molar-refractivity contribution in [1.29, 1.82) is 0 Å². The molecule has 0 unspecified atom stereocenters. The first kappa shape index (κ1) is 15.4. The lowest BCUT2D eigenvalue weighted by molar-refractivity contribution is 0.0696. The second-order valence-corrected chi connectivity index (χ2v) is 5.81. The average molecular weight is 343 g/mol. The molecule has 2 N–H and O–H groups in total. The van der Waals surface area contributed by atoms with Crippen molar-refractivity contribution in [3.05, 3.63) is 33.8 Å². The van der Waals surface area contributed by atoms with Crippen LogP contribution < -0.4 is 0 Å². The number of carbonyl (C=O) groups is 1. The van der Waals surface area contributed by atoms with E-state index in [9.17, 15) is 4.79 Å². The molecule has 2 rings (SSSR count). The Morgan fingerprint density at radius 2 is 1.85 bits per heavy atom. The summed E-state index contributed by atoms with van der Waals surface area (Å²) in [7, 11) is 0. The lowest BCUT2D eigenvalue weighted by Crippen LogP contribution is -2.46. The number of nitrogens with zero attached hydrogens (tertiary/aromatic N) is 2. The Kier molecular flexibility index (Phi) is 5.54. The molecule has 0 radical (unpaired) electrons. The molecule has 0 saturated carbocycles. The van der Waals surface area contributed by atoms with E-state index in [0.717, 1.165) is 49.3 Å². The molecule has 0 bridgehead atoms. The molecule has 0 aliphatic carbocycles. The van der Waals surface area contributed by atoms with Crippen LogP contribution in [0.15, 0.2) is 22.7 Å². The van der Waals surface area contributed by atoms with Crippen molar-refractivity contribution in [2.45, 2.75) is 6.54 Å². The molecule has 1 aliphatic rings. The van der Waals surface area contributed by atoms with E-state index in [0.29, 0.717) is 5.56 Å². The Hall–Kier alpha value is -0.950. The van der Waals surface area contributed by atoms with Crippen LogP contribution in [0.4, 0.5) is 0 Å². The summed E-state index contributed by atoms with van der Waals surface area (Å²) in [6, 6.07) is 5.16. The van der Waals surface area contributed by atoms with Crippen molar-refractivity contribution in [2.24, 2.45) is 0 Å². The molecule has 1 heterocycles. The molecule has 5 nitrogen and oxygen atoms in total. The van der Waals surface area contributed by atoms with Gasteiger partial charge in [-0.2, -0.15) is 0 Å². The van der Waals surface area contributed by atoms with Gasteiger partial charge in [0.25, 0.3) is 0 Å². The smallest absolute Gasteiger partial charge is 0.335 e. The van der Waals surface area contributed by atoms with Gasteiger partial charge in [0.2, 0.25) is 0 Å². The third-order valence-electron chi connectivity index (χ3n) is 3.58. The fraction of sp³-hybridized carbons (Fsp3) is 0.500.